The molecule has 0 radical (unpaired) electrons. The van der Waals surface area contributed by atoms with E-state index in [9.17, 15) is 0 Å². The van der Waals surface area contributed by atoms with Gasteiger partial charge in [-0.2, -0.15) is 0 Å². The van der Waals surface area contributed by atoms with Crippen molar-refractivity contribution in [3.63, 3.8) is 0 Å². The van der Waals surface area contributed by atoms with E-state index in [1.165, 1.54) is 5.01 Å². The maximum atomic E-state index is 5.30. The molecule has 1 aromatic rings. The van der Waals surface area contributed by atoms with Crippen molar-refractivity contribution in [2.45, 2.75) is 13.3 Å². The van der Waals surface area contributed by atoms with Crippen LogP contribution < -0.4 is 0 Å². The van der Waals surface area contributed by atoms with Crippen LogP contribution in [0.25, 0.3) is 0 Å². The van der Waals surface area contributed by atoms with E-state index in [0.717, 1.165) is 45.0 Å². The molecule has 0 unspecified atom stereocenters. The summed E-state index contributed by atoms with van der Waals surface area (Å²) in [5, 5.41) is 3.38. The molecule has 1 aromatic heterocycles. The van der Waals surface area contributed by atoms with Gasteiger partial charge in [-0.1, -0.05) is 0 Å². The van der Waals surface area contributed by atoms with Gasteiger partial charge in [-0.3, -0.25) is 4.90 Å². The van der Waals surface area contributed by atoms with Crippen molar-refractivity contribution in [3.05, 3.63) is 16.1 Å². The van der Waals surface area contributed by atoms with Crippen LogP contribution >= 0.6 is 11.3 Å². The Labute approximate surface area is 88.7 Å². The summed E-state index contributed by atoms with van der Waals surface area (Å²) in [6, 6.07) is 0. The van der Waals surface area contributed by atoms with Gasteiger partial charge in [0.05, 0.1) is 18.2 Å². The number of aryl methyl sites for hydroxylation is 1. The molecule has 1 fully saturated rings. The first-order valence-corrected chi connectivity index (χ1v) is 5.93. The quantitative estimate of drug-likeness (QED) is 0.755. The Morgan fingerprint density at radius 1 is 1.50 bits per heavy atom. The van der Waals surface area contributed by atoms with Crippen molar-refractivity contribution in [1.29, 1.82) is 0 Å². The summed E-state index contributed by atoms with van der Waals surface area (Å²) in [6.45, 7) is 7.09. The molecular formula is C10H16N2OS. The number of aromatic nitrogens is 1. The second kappa shape index (κ2) is 4.87. The van der Waals surface area contributed by atoms with Crippen LogP contribution in [0.5, 0.6) is 0 Å². The highest BCUT2D eigenvalue weighted by atomic mass is 32.1. The third-order valence-electron chi connectivity index (χ3n) is 2.41. The molecule has 0 amide bonds. The minimum Gasteiger partial charge on any atom is -0.379 e. The highest BCUT2D eigenvalue weighted by Crippen LogP contribution is 2.10. The first-order chi connectivity index (χ1) is 6.84. The number of hydrogen-bond donors (Lipinski definition) is 0. The van der Waals surface area contributed by atoms with Crippen molar-refractivity contribution in [2.24, 2.45) is 0 Å². The molecule has 0 aromatic carbocycles. The molecule has 3 nitrogen and oxygen atoms in total. The molecule has 78 valence electrons. The van der Waals surface area contributed by atoms with Gasteiger partial charge in [-0.25, -0.2) is 4.98 Å². The average Bonchev–Trinajstić information content (AvgIpc) is 2.63. The van der Waals surface area contributed by atoms with Crippen LogP contribution in [0.15, 0.2) is 5.38 Å². The van der Waals surface area contributed by atoms with Gasteiger partial charge in [-0.05, 0) is 6.92 Å². The predicted octanol–water partition coefficient (Wildman–Crippen LogP) is 1.33. The Balaban J connectivity index is 1.76. The lowest BCUT2D eigenvalue weighted by Crippen LogP contribution is -2.37. The monoisotopic (exact) mass is 212 g/mol. The molecular weight excluding hydrogens is 196 g/mol. The van der Waals surface area contributed by atoms with Crippen molar-refractivity contribution < 1.29 is 4.74 Å². The SMILES string of the molecule is Cc1csc(CCN2CCOCC2)n1. The maximum absolute atomic E-state index is 5.30. The van der Waals surface area contributed by atoms with Crippen molar-refractivity contribution >= 4 is 11.3 Å². The minimum atomic E-state index is 0.886. The summed E-state index contributed by atoms with van der Waals surface area (Å²) < 4.78 is 5.30. The Hall–Kier alpha value is -0.450. The normalized spacial score (nSPS) is 18.6. The fraction of sp³-hybridized carbons (Fsp3) is 0.700. The van der Waals surface area contributed by atoms with E-state index < -0.39 is 0 Å². The zero-order valence-electron chi connectivity index (χ0n) is 8.53. The van der Waals surface area contributed by atoms with E-state index >= 15 is 0 Å². The smallest absolute Gasteiger partial charge is 0.0940 e. The van der Waals surface area contributed by atoms with Crippen molar-refractivity contribution in [2.75, 3.05) is 32.8 Å². The number of hydrogen-bond acceptors (Lipinski definition) is 4. The fourth-order valence-electron chi connectivity index (χ4n) is 1.60. The second-order valence-corrected chi connectivity index (χ2v) is 4.53. The van der Waals surface area contributed by atoms with Crippen molar-refractivity contribution in [3.8, 4) is 0 Å². The van der Waals surface area contributed by atoms with Gasteiger partial charge in [0, 0.05) is 37.1 Å². The third kappa shape index (κ3) is 2.77. The fourth-order valence-corrected chi connectivity index (χ4v) is 2.36. The molecule has 0 atom stereocenters. The summed E-state index contributed by atoms with van der Waals surface area (Å²) in [4.78, 5) is 6.90. The number of thiazole rings is 1. The van der Waals surface area contributed by atoms with Crippen LogP contribution in [0.4, 0.5) is 0 Å². The standard InChI is InChI=1S/C10H16N2OS/c1-9-8-14-10(11-9)2-3-12-4-6-13-7-5-12/h8H,2-7H2,1H3. The first-order valence-electron chi connectivity index (χ1n) is 5.06. The van der Waals surface area contributed by atoms with Crippen LogP contribution in [0, 0.1) is 6.92 Å². The Bertz CT molecular complexity index is 281. The van der Waals surface area contributed by atoms with E-state index in [0.29, 0.717) is 0 Å². The van der Waals surface area contributed by atoms with Gasteiger partial charge in [-0.15, -0.1) is 11.3 Å². The summed E-state index contributed by atoms with van der Waals surface area (Å²) in [5.41, 5.74) is 1.15. The molecule has 1 aliphatic heterocycles. The highest BCUT2D eigenvalue weighted by Gasteiger charge is 2.10. The molecule has 14 heavy (non-hydrogen) atoms. The molecule has 0 bridgehead atoms. The summed E-state index contributed by atoms with van der Waals surface area (Å²) in [7, 11) is 0. The van der Waals surface area contributed by atoms with Crippen LogP contribution in [-0.4, -0.2) is 42.7 Å². The number of ether oxygens (including phenoxy) is 1. The molecule has 0 spiro atoms. The second-order valence-electron chi connectivity index (χ2n) is 3.59. The Morgan fingerprint density at radius 2 is 2.29 bits per heavy atom. The molecule has 1 saturated heterocycles. The summed E-state index contributed by atoms with van der Waals surface area (Å²) in [5.74, 6) is 0. The van der Waals surface area contributed by atoms with Crippen LogP contribution in [0.2, 0.25) is 0 Å². The number of morpholine rings is 1. The van der Waals surface area contributed by atoms with E-state index in [1.807, 2.05) is 0 Å². The molecule has 1 aliphatic rings. The van der Waals surface area contributed by atoms with Crippen LogP contribution in [-0.2, 0) is 11.2 Å². The van der Waals surface area contributed by atoms with E-state index in [1.54, 1.807) is 11.3 Å². The van der Waals surface area contributed by atoms with E-state index in [-0.39, 0.29) is 0 Å². The lowest BCUT2D eigenvalue weighted by atomic mass is 10.3. The van der Waals surface area contributed by atoms with E-state index in [2.05, 4.69) is 22.2 Å². The van der Waals surface area contributed by atoms with Gasteiger partial charge in [0.25, 0.3) is 0 Å². The van der Waals surface area contributed by atoms with Gasteiger partial charge in [0.2, 0.25) is 0 Å². The summed E-state index contributed by atoms with van der Waals surface area (Å²) >= 11 is 1.77. The zero-order chi connectivity index (χ0) is 9.80. The lowest BCUT2D eigenvalue weighted by molar-refractivity contribution is 0.0384. The lowest BCUT2D eigenvalue weighted by Gasteiger charge is -2.25. The van der Waals surface area contributed by atoms with E-state index in [4.69, 9.17) is 4.74 Å². The van der Waals surface area contributed by atoms with Gasteiger partial charge in [0.1, 0.15) is 0 Å². The highest BCUT2D eigenvalue weighted by molar-refractivity contribution is 7.09. The maximum Gasteiger partial charge on any atom is 0.0940 e. The van der Waals surface area contributed by atoms with Gasteiger partial charge >= 0.3 is 0 Å². The van der Waals surface area contributed by atoms with Gasteiger partial charge in [0.15, 0.2) is 0 Å². The molecule has 2 rings (SSSR count). The van der Waals surface area contributed by atoms with Crippen LogP contribution in [0.3, 0.4) is 0 Å². The van der Waals surface area contributed by atoms with Gasteiger partial charge < -0.3 is 4.74 Å². The molecule has 0 N–H and O–H groups in total. The minimum absolute atomic E-state index is 0.886. The number of rotatable bonds is 3. The summed E-state index contributed by atoms with van der Waals surface area (Å²) in [6.07, 6.45) is 1.08. The zero-order valence-corrected chi connectivity index (χ0v) is 9.35. The largest absolute Gasteiger partial charge is 0.379 e. The molecule has 0 saturated carbocycles. The topological polar surface area (TPSA) is 25.4 Å². The Kier molecular flexibility index (Phi) is 3.50. The first kappa shape index (κ1) is 10.1. The molecule has 2 heterocycles. The number of nitrogens with zero attached hydrogens (tertiary/aromatic N) is 2. The average molecular weight is 212 g/mol. The Morgan fingerprint density at radius 3 is 2.93 bits per heavy atom. The van der Waals surface area contributed by atoms with Crippen LogP contribution in [0.1, 0.15) is 10.7 Å². The predicted molar refractivity (Wildman–Crippen MR) is 57.8 cm³/mol. The molecule has 4 heteroatoms. The molecule has 0 aliphatic carbocycles. The van der Waals surface area contributed by atoms with Crippen molar-refractivity contribution in [1.82, 2.24) is 9.88 Å². The third-order valence-corrected chi connectivity index (χ3v) is 3.44.